The Balaban J connectivity index is 2.68. The first-order valence-corrected chi connectivity index (χ1v) is 4.63. The summed E-state index contributed by atoms with van der Waals surface area (Å²) < 4.78 is 36.9. The van der Waals surface area contributed by atoms with Crippen molar-refractivity contribution in [3.8, 4) is 0 Å². The monoisotopic (exact) mass is 235 g/mol. The lowest BCUT2D eigenvalue weighted by Gasteiger charge is -2.12. The van der Waals surface area contributed by atoms with E-state index in [0.717, 1.165) is 12.1 Å². The van der Waals surface area contributed by atoms with Crippen molar-refractivity contribution in [2.24, 2.45) is 0 Å². The van der Waals surface area contributed by atoms with E-state index in [4.69, 9.17) is 10.2 Å². The molecule has 0 aliphatic heterocycles. The summed E-state index contributed by atoms with van der Waals surface area (Å²) in [6, 6.07) is 4.65. The molecule has 1 aromatic rings. The standard InChI is InChI=1S/C10H12F3NO2/c11-10(12,13)7-2-1-3-8(4-7)14-5-9(16)6-15/h1-4,9,14-16H,5-6H2/t9-/m0/s1. The summed E-state index contributed by atoms with van der Waals surface area (Å²) in [6.45, 7) is -0.441. The Kier molecular flexibility index (Phi) is 4.14. The van der Waals surface area contributed by atoms with E-state index in [0.29, 0.717) is 0 Å². The van der Waals surface area contributed by atoms with Gasteiger partial charge in [-0.15, -0.1) is 0 Å². The normalized spacial score (nSPS) is 13.6. The van der Waals surface area contributed by atoms with Gasteiger partial charge in [-0.25, -0.2) is 0 Å². The number of aliphatic hydroxyl groups excluding tert-OH is 2. The molecule has 0 saturated heterocycles. The SMILES string of the molecule is OC[C@@H](O)CNc1cccc(C(F)(F)F)c1. The molecule has 3 nitrogen and oxygen atoms in total. The molecule has 0 amide bonds. The van der Waals surface area contributed by atoms with E-state index in [-0.39, 0.29) is 12.2 Å². The van der Waals surface area contributed by atoms with Gasteiger partial charge in [0.25, 0.3) is 0 Å². The molecule has 0 aliphatic carbocycles. The molecule has 0 heterocycles. The topological polar surface area (TPSA) is 52.5 Å². The van der Waals surface area contributed by atoms with Crippen LogP contribution < -0.4 is 5.32 Å². The summed E-state index contributed by atoms with van der Waals surface area (Å²) in [5.41, 5.74) is -0.502. The van der Waals surface area contributed by atoms with Crippen molar-refractivity contribution < 1.29 is 23.4 Å². The van der Waals surface area contributed by atoms with Crippen LogP contribution in [0.3, 0.4) is 0 Å². The fourth-order valence-corrected chi connectivity index (χ4v) is 1.11. The van der Waals surface area contributed by atoms with Gasteiger partial charge < -0.3 is 15.5 Å². The molecule has 0 spiro atoms. The van der Waals surface area contributed by atoms with E-state index in [9.17, 15) is 13.2 Å². The van der Waals surface area contributed by atoms with Crippen LogP contribution in [0.4, 0.5) is 18.9 Å². The second kappa shape index (κ2) is 5.18. The van der Waals surface area contributed by atoms with Gasteiger partial charge >= 0.3 is 6.18 Å². The predicted octanol–water partition coefficient (Wildman–Crippen LogP) is 1.47. The van der Waals surface area contributed by atoms with Crippen molar-refractivity contribution in [3.05, 3.63) is 29.8 Å². The van der Waals surface area contributed by atoms with Gasteiger partial charge in [-0.2, -0.15) is 13.2 Å². The number of benzene rings is 1. The Labute approximate surface area is 90.5 Å². The number of aliphatic hydroxyl groups is 2. The van der Waals surface area contributed by atoms with Gasteiger partial charge in [0.05, 0.1) is 18.3 Å². The minimum atomic E-state index is -4.38. The summed E-state index contributed by atoms with van der Waals surface area (Å²) in [4.78, 5) is 0. The quantitative estimate of drug-likeness (QED) is 0.740. The lowest BCUT2D eigenvalue weighted by molar-refractivity contribution is -0.137. The zero-order valence-corrected chi connectivity index (χ0v) is 8.33. The number of hydrogen-bond donors (Lipinski definition) is 3. The number of alkyl halides is 3. The molecule has 0 radical (unpaired) electrons. The van der Waals surface area contributed by atoms with E-state index in [1.165, 1.54) is 12.1 Å². The molecule has 1 atom stereocenters. The lowest BCUT2D eigenvalue weighted by atomic mass is 10.2. The molecule has 16 heavy (non-hydrogen) atoms. The van der Waals surface area contributed by atoms with Gasteiger partial charge in [0.15, 0.2) is 0 Å². The third-order valence-electron chi connectivity index (χ3n) is 1.94. The second-order valence-electron chi connectivity index (χ2n) is 3.30. The van der Waals surface area contributed by atoms with Gasteiger partial charge in [-0.05, 0) is 18.2 Å². The molecule has 0 aromatic heterocycles. The highest BCUT2D eigenvalue weighted by atomic mass is 19.4. The highest BCUT2D eigenvalue weighted by Gasteiger charge is 2.30. The maximum Gasteiger partial charge on any atom is 0.416 e. The highest BCUT2D eigenvalue weighted by molar-refractivity contribution is 5.46. The number of rotatable bonds is 4. The molecule has 90 valence electrons. The minimum Gasteiger partial charge on any atom is -0.394 e. The number of halogens is 3. The first kappa shape index (κ1) is 12.8. The average molecular weight is 235 g/mol. The van der Waals surface area contributed by atoms with Crippen molar-refractivity contribution in [2.75, 3.05) is 18.5 Å². The smallest absolute Gasteiger partial charge is 0.394 e. The van der Waals surface area contributed by atoms with Crippen LogP contribution in [-0.4, -0.2) is 29.5 Å². The van der Waals surface area contributed by atoms with Gasteiger partial charge in [-0.1, -0.05) is 6.07 Å². The zero-order chi connectivity index (χ0) is 12.2. The van der Waals surface area contributed by atoms with Gasteiger partial charge in [-0.3, -0.25) is 0 Å². The van der Waals surface area contributed by atoms with Crippen molar-refractivity contribution >= 4 is 5.69 Å². The molecule has 0 fully saturated rings. The number of hydrogen-bond acceptors (Lipinski definition) is 3. The summed E-state index contributed by atoms with van der Waals surface area (Å²) in [5.74, 6) is 0. The summed E-state index contributed by atoms with van der Waals surface area (Å²) in [6.07, 6.45) is -5.37. The van der Waals surface area contributed by atoms with E-state index in [1.54, 1.807) is 0 Å². The maximum atomic E-state index is 12.3. The third-order valence-corrected chi connectivity index (χ3v) is 1.94. The molecule has 0 aliphatic rings. The fourth-order valence-electron chi connectivity index (χ4n) is 1.11. The van der Waals surface area contributed by atoms with Gasteiger partial charge in [0, 0.05) is 12.2 Å². The van der Waals surface area contributed by atoms with Crippen LogP contribution >= 0.6 is 0 Å². The Morgan fingerprint density at radius 3 is 2.56 bits per heavy atom. The molecule has 1 rings (SSSR count). The van der Waals surface area contributed by atoms with Gasteiger partial charge in [0.1, 0.15) is 0 Å². The van der Waals surface area contributed by atoms with Crippen LogP contribution in [0.5, 0.6) is 0 Å². The van der Waals surface area contributed by atoms with E-state index in [2.05, 4.69) is 5.32 Å². The fraction of sp³-hybridized carbons (Fsp3) is 0.400. The van der Waals surface area contributed by atoms with Crippen LogP contribution in [0.25, 0.3) is 0 Å². The first-order valence-electron chi connectivity index (χ1n) is 4.63. The van der Waals surface area contributed by atoms with Crippen LogP contribution in [0.1, 0.15) is 5.56 Å². The molecule has 0 unspecified atom stereocenters. The molecular formula is C10H12F3NO2. The summed E-state index contributed by atoms with van der Waals surface area (Å²) in [7, 11) is 0. The molecule has 1 aromatic carbocycles. The summed E-state index contributed by atoms with van der Waals surface area (Å²) >= 11 is 0. The van der Waals surface area contributed by atoms with E-state index >= 15 is 0 Å². The first-order chi connectivity index (χ1) is 7.43. The zero-order valence-electron chi connectivity index (χ0n) is 8.33. The molecule has 6 heteroatoms. The Bertz CT molecular complexity index is 341. The highest BCUT2D eigenvalue weighted by Crippen LogP contribution is 2.30. The predicted molar refractivity (Wildman–Crippen MR) is 53.0 cm³/mol. The molecular weight excluding hydrogens is 223 g/mol. The van der Waals surface area contributed by atoms with Crippen LogP contribution in [0.15, 0.2) is 24.3 Å². The van der Waals surface area contributed by atoms with Crippen molar-refractivity contribution in [2.45, 2.75) is 12.3 Å². The molecule has 0 saturated carbocycles. The maximum absolute atomic E-state index is 12.3. The second-order valence-corrected chi connectivity index (χ2v) is 3.30. The Hall–Kier alpha value is -1.27. The Morgan fingerprint density at radius 1 is 1.31 bits per heavy atom. The van der Waals surface area contributed by atoms with E-state index in [1.807, 2.05) is 0 Å². The Morgan fingerprint density at radius 2 is 2.00 bits per heavy atom. The van der Waals surface area contributed by atoms with Crippen LogP contribution in [0, 0.1) is 0 Å². The van der Waals surface area contributed by atoms with Gasteiger partial charge in [0.2, 0.25) is 0 Å². The van der Waals surface area contributed by atoms with Crippen LogP contribution in [-0.2, 0) is 6.18 Å². The van der Waals surface area contributed by atoms with E-state index < -0.39 is 24.5 Å². The molecule has 0 bridgehead atoms. The van der Waals surface area contributed by atoms with Crippen molar-refractivity contribution in [3.63, 3.8) is 0 Å². The minimum absolute atomic E-state index is 0.00217. The number of anilines is 1. The largest absolute Gasteiger partial charge is 0.416 e. The third kappa shape index (κ3) is 3.71. The lowest BCUT2D eigenvalue weighted by Crippen LogP contribution is -2.23. The molecule has 3 N–H and O–H groups in total. The number of nitrogens with one attached hydrogen (secondary N) is 1. The van der Waals surface area contributed by atoms with Crippen LogP contribution in [0.2, 0.25) is 0 Å². The summed E-state index contributed by atoms with van der Waals surface area (Å²) in [5, 5.41) is 20.1. The van der Waals surface area contributed by atoms with Crippen molar-refractivity contribution in [1.29, 1.82) is 0 Å². The average Bonchev–Trinajstić information content (AvgIpc) is 2.25. The van der Waals surface area contributed by atoms with Crippen molar-refractivity contribution in [1.82, 2.24) is 0 Å².